The van der Waals surface area contributed by atoms with E-state index >= 15 is 0 Å². The van der Waals surface area contributed by atoms with E-state index < -0.39 is 0 Å². The minimum atomic E-state index is -0.125. The van der Waals surface area contributed by atoms with E-state index in [2.05, 4.69) is 15.3 Å². The Morgan fingerprint density at radius 2 is 1.96 bits per heavy atom. The fourth-order valence-electron chi connectivity index (χ4n) is 2.11. The average Bonchev–Trinajstić information content (AvgIpc) is 3.06. The number of hydrogen-bond acceptors (Lipinski definition) is 4. The summed E-state index contributed by atoms with van der Waals surface area (Å²) in [4.78, 5) is 20.6. The molecular formula is C17H13Cl2N3OS. The number of nitrogens with one attached hydrogen (secondary N) is 1. The molecule has 3 rings (SSSR count). The lowest BCUT2D eigenvalue weighted by molar-refractivity contribution is -0.116. The van der Waals surface area contributed by atoms with Crippen molar-refractivity contribution in [3.05, 3.63) is 63.2 Å². The van der Waals surface area contributed by atoms with Gasteiger partial charge < -0.3 is 5.32 Å². The van der Waals surface area contributed by atoms with Gasteiger partial charge in [-0.3, -0.25) is 9.78 Å². The van der Waals surface area contributed by atoms with Crippen LogP contribution >= 0.6 is 34.5 Å². The van der Waals surface area contributed by atoms with Crippen molar-refractivity contribution < 1.29 is 4.79 Å². The van der Waals surface area contributed by atoms with Crippen LogP contribution < -0.4 is 5.32 Å². The van der Waals surface area contributed by atoms with Gasteiger partial charge in [0.25, 0.3) is 0 Å². The number of rotatable bonds is 5. The van der Waals surface area contributed by atoms with Crippen LogP contribution in [0.3, 0.4) is 0 Å². The van der Waals surface area contributed by atoms with Gasteiger partial charge in [0.1, 0.15) is 0 Å². The first-order valence-electron chi connectivity index (χ1n) is 7.21. The third kappa shape index (κ3) is 4.32. The Kier molecular flexibility index (Phi) is 5.45. The Morgan fingerprint density at radius 3 is 2.75 bits per heavy atom. The van der Waals surface area contributed by atoms with Crippen molar-refractivity contribution in [1.82, 2.24) is 9.97 Å². The molecule has 0 fully saturated rings. The maximum atomic E-state index is 12.1. The largest absolute Gasteiger partial charge is 0.325 e. The average molecular weight is 378 g/mol. The van der Waals surface area contributed by atoms with Crippen LogP contribution in [0.4, 0.5) is 5.69 Å². The lowest BCUT2D eigenvalue weighted by atomic mass is 10.2. The van der Waals surface area contributed by atoms with Gasteiger partial charge in [0.05, 0.1) is 21.4 Å². The monoisotopic (exact) mass is 377 g/mol. The third-order valence-corrected chi connectivity index (χ3v) is 4.77. The highest BCUT2D eigenvalue weighted by Gasteiger charge is 2.09. The van der Waals surface area contributed by atoms with Crippen molar-refractivity contribution in [1.29, 1.82) is 0 Å². The minimum absolute atomic E-state index is 0.125. The van der Waals surface area contributed by atoms with Gasteiger partial charge in [-0.05, 0) is 30.3 Å². The molecule has 0 saturated heterocycles. The number of halogens is 2. The molecule has 0 radical (unpaired) electrons. The molecule has 2 heterocycles. The summed E-state index contributed by atoms with van der Waals surface area (Å²) >= 11 is 13.5. The van der Waals surface area contributed by atoms with E-state index in [0.29, 0.717) is 28.6 Å². The molecule has 0 unspecified atom stereocenters. The fourth-order valence-corrected chi connectivity index (χ4v) is 3.25. The van der Waals surface area contributed by atoms with Crippen molar-refractivity contribution in [3.63, 3.8) is 0 Å². The zero-order valence-corrected chi connectivity index (χ0v) is 14.8. The molecule has 0 saturated carbocycles. The highest BCUT2D eigenvalue weighted by Crippen LogP contribution is 2.26. The molecule has 0 aliphatic carbocycles. The van der Waals surface area contributed by atoms with Gasteiger partial charge in [-0.15, -0.1) is 11.3 Å². The number of hydrogen-bond donors (Lipinski definition) is 1. The van der Waals surface area contributed by atoms with E-state index in [0.717, 1.165) is 16.3 Å². The van der Waals surface area contributed by atoms with Crippen molar-refractivity contribution in [3.8, 4) is 11.3 Å². The number of carbonyl (C=O) groups is 1. The number of pyridine rings is 1. The predicted octanol–water partition coefficient (Wildman–Crippen LogP) is 5.08. The zero-order valence-electron chi connectivity index (χ0n) is 12.5. The topological polar surface area (TPSA) is 54.9 Å². The minimum Gasteiger partial charge on any atom is -0.325 e. The molecule has 24 heavy (non-hydrogen) atoms. The first-order valence-corrected chi connectivity index (χ1v) is 8.85. The van der Waals surface area contributed by atoms with E-state index in [4.69, 9.17) is 23.2 Å². The van der Waals surface area contributed by atoms with Crippen LogP contribution in [0.15, 0.2) is 48.1 Å². The molecule has 1 aromatic carbocycles. The van der Waals surface area contributed by atoms with Crippen LogP contribution in [0, 0.1) is 0 Å². The molecule has 3 aromatic rings. The molecule has 122 valence electrons. The van der Waals surface area contributed by atoms with Crippen LogP contribution in [-0.2, 0) is 11.2 Å². The van der Waals surface area contributed by atoms with Gasteiger partial charge >= 0.3 is 0 Å². The SMILES string of the molecule is O=C(CCc1nc(-c2ccncc2)cs1)Nc1cc(Cl)ccc1Cl. The Balaban J connectivity index is 1.59. The summed E-state index contributed by atoms with van der Waals surface area (Å²) in [5.74, 6) is -0.125. The Morgan fingerprint density at radius 1 is 1.17 bits per heavy atom. The number of nitrogens with zero attached hydrogens (tertiary/aromatic N) is 2. The van der Waals surface area contributed by atoms with Crippen molar-refractivity contribution in [2.45, 2.75) is 12.8 Å². The molecule has 0 atom stereocenters. The summed E-state index contributed by atoms with van der Waals surface area (Å²) in [6.45, 7) is 0. The van der Waals surface area contributed by atoms with E-state index in [-0.39, 0.29) is 5.91 Å². The number of benzene rings is 1. The first kappa shape index (κ1) is 16.9. The summed E-state index contributed by atoms with van der Waals surface area (Å²) in [6.07, 6.45) is 4.36. The molecule has 4 nitrogen and oxygen atoms in total. The number of carbonyl (C=O) groups excluding carboxylic acids is 1. The van der Waals surface area contributed by atoms with E-state index in [1.165, 1.54) is 11.3 Å². The van der Waals surface area contributed by atoms with Gasteiger partial charge in [-0.2, -0.15) is 0 Å². The van der Waals surface area contributed by atoms with Crippen molar-refractivity contribution in [2.75, 3.05) is 5.32 Å². The fraction of sp³-hybridized carbons (Fsp3) is 0.118. The van der Waals surface area contributed by atoms with Gasteiger partial charge in [-0.25, -0.2) is 4.98 Å². The summed E-state index contributed by atoms with van der Waals surface area (Å²) in [5.41, 5.74) is 2.43. The number of aromatic nitrogens is 2. The second-order valence-electron chi connectivity index (χ2n) is 5.03. The predicted molar refractivity (Wildman–Crippen MR) is 98.8 cm³/mol. The lowest BCUT2D eigenvalue weighted by Crippen LogP contribution is -2.12. The molecule has 1 N–H and O–H groups in total. The first-order chi connectivity index (χ1) is 11.6. The number of thiazole rings is 1. The van der Waals surface area contributed by atoms with Crippen LogP contribution in [-0.4, -0.2) is 15.9 Å². The Bertz CT molecular complexity index is 852. The Labute approximate surface area is 153 Å². The molecule has 1 amide bonds. The smallest absolute Gasteiger partial charge is 0.224 e. The summed E-state index contributed by atoms with van der Waals surface area (Å²) < 4.78 is 0. The van der Waals surface area contributed by atoms with Crippen molar-refractivity contribution >= 4 is 46.1 Å². The highest BCUT2D eigenvalue weighted by molar-refractivity contribution is 7.09. The zero-order chi connectivity index (χ0) is 16.9. The molecule has 0 aliphatic rings. The summed E-state index contributed by atoms with van der Waals surface area (Å²) in [7, 11) is 0. The second kappa shape index (κ2) is 7.75. The Hall–Kier alpha value is -1.95. The lowest BCUT2D eigenvalue weighted by Gasteiger charge is -2.07. The maximum absolute atomic E-state index is 12.1. The summed E-state index contributed by atoms with van der Waals surface area (Å²) in [6, 6.07) is 8.78. The molecule has 7 heteroatoms. The van der Waals surface area contributed by atoms with E-state index in [9.17, 15) is 4.79 Å². The molecule has 0 spiro atoms. The van der Waals surface area contributed by atoms with Crippen LogP contribution in [0.25, 0.3) is 11.3 Å². The van der Waals surface area contributed by atoms with Gasteiger partial charge in [0.15, 0.2) is 0 Å². The van der Waals surface area contributed by atoms with Gasteiger partial charge in [0, 0.05) is 41.2 Å². The standard InChI is InChI=1S/C17H13Cl2N3OS/c18-12-1-2-13(19)14(9-12)21-16(23)3-4-17-22-15(10-24-17)11-5-7-20-8-6-11/h1-2,5-10H,3-4H2,(H,21,23). The maximum Gasteiger partial charge on any atom is 0.224 e. The number of amides is 1. The molecular weight excluding hydrogens is 365 g/mol. The highest BCUT2D eigenvalue weighted by atomic mass is 35.5. The van der Waals surface area contributed by atoms with Crippen LogP contribution in [0.1, 0.15) is 11.4 Å². The van der Waals surface area contributed by atoms with Gasteiger partial charge in [-0.1, -0.05) is 23.2 Å². The van der Waals surface area contributed by atoms with E-state index in [1.807, 2.05) is 17.5 Å². The third-order valence-electron chi connectivity index (χ3n) is 3.30. The normalized spacial score (nSPS) is 10.6. The number of aryl methyl sites for hydroxylation is 1. The van der Waals surface area contributed by atoms with Crippen LogP contribution in [0.5, 0.6) is 0 Å². The molecule has 0 bridgehead atoms. The second-order valence-corrected chi connectivity index (χ2v) is 6.82. The van der Waals surface area contributed by atoms with Gasteiger partial charge in [0.2, 0.25) is 5.91 Å². The quantitative estimate of drug-likeness (QED) is 0.673. The molecule has 2 aromatic heterocycles. The summed E-state index contributed by atoms with van der Waals surface area (Å²) in [5, 5.41) is 6.65. The number of anilines is 1. The van der Waals surface area contributed by atoms with E-state index in [1.54, 1.807) is 30.6 Å². The van der Waals surface area contributed by atoms with Crippen LogP contribution in [0.2, 0.25) is 10.0 Å². The molecule has 0 aliphatic heterocycles. The van der Waals surface area contributed by atoms with Crippen molar-refractivity contribution in [2.24, 2.45) is 0 Å².